The Morgan fingerprint density at radius 1 is 1.43 bits per heavy atom. The van der Waals surface area contributed by atoms with Gasteiger partial charge in [-0.1, -0.05) is 12.8 Å². The molecular weight excluding hydrogens is 268 g/mol. The molecule has 1 saturated carbocycles. The van der Waals surface area contributed by atoms with Gasteiger partial charge in [-0.05, 0) is 12.8 Å². The molecule has 0 aromatic carbocycles. The van der Waals surface area contributed by atoms with Crippen molar-refractivity contribution in [3.05, 3.63) is 18.6 Å². The number of nitrogens with zero attached hydrogens (tertiary/aromatic N) is 4. The second-order valence-corrected chi connectivity index (χ2v) is 5.77. The Hall–Kier alpha value is -1.69. The van der Waals surface area contributed by atoms with Crippen LogP contribution in [0, 0.1) is 0 Å². The summed E-state index contributed by atoms with van der Waals surface area (Å²) >= 11 is 0. The van der Waals surface area contributed by atoms with Gasteiger partial charge in [-0.2, -0.15) is 0 Å². The van der Waals surface area contributed by atoms with Gasteiger partial charge in [0.15, 0.2) is 0 Å². The summed E-state index contributed by atoms with van der Waals surface area (Å²) in [7, 11) is 1.88. The highest BCUT2D eigenvalue weighted by atomic mass is 16.5. The van der Waals surface area contributed by atoms with Crippen LogP contribution in [0.3, 0.4) is 0 Å². The van der Waals surface area contributed by atoms with Crippen LogP contribution in [0.5, 0.6) is 0 Å². The molecule has 2 atom stereocenters. The van der Waals surface area contributed by atoms with Crippen molar-refractivity contribution < 1.29 is 9.53 Å². The highest BCUT2D eigenvalue weighted by Crippen LogP contribution is 2.28. The summed E-state index contributed by atoms with van der Waals surface area (Å²) in [6, 6.07) is 0.259. The maximum absolute atomic E-state index is 12.6. The van der Waals surface area contributed by atoms with Crippen molar-refractivity contribution >= 4 is 11.7 Å². The Labute approximate surface area is 125 Å². The van der Waals surface area contributed by atoms with E-state index in [2.05, 4.69) is 9.97 Å². The summed E-state index contributed by atoms with van der Waals surface area (Å²) in [4.78, 5) is 24.7. The van der Waals surface area contributed by atoms with E-state index >= 15 is 0 Å². The lowest BCUT2D eigenvalue weighted by molar-refractivity contribution is -0.148. The van der Waals surface area contributed by atoms with Crippen molar-refractivity contribution in [2.75, 3.05) is 31.6 Å². The van der Waals surface area contributed by atoms with Gasteiger partial charge in [-0.25, -0.2) is 4.98 Å². The van der Waals surface area contributed by atoms with Crippen LogP contribution < -0.4 is 4.90 Å². The van der Waals surface area contributed by atoms with Crippen molar-refractivity contribution in [3.8, 4) is 0 Å². The Morgan fingerprint density at radius 3 is 3.10 bits per heavy atom. The van der Waals surface area contributed by atoms with Crippen LogP contribution in [-0.2, 0) is 9.53 Å². The van der Waals surface area contributed by atoms with E-state index in [0.717, 1.165) is 18.7 Å². The van der Waals surface area contributed by atoms with Crippen LogP contribution in [0.4, 0.5) is 5.82 Å². The number of fused-ring (bicyclic) bond motifs is 1. The lowest BCUT2D eigenvalue weighted by Gasteiger charge is -2.44. The van der Waals surface area contributed by atoms with E-state index in [4.69, 9.17) is 4.74 Å². The Balaban J connectivity index is 1.64. The number of carbonyl (C=O) groups is 1. The minimum absolute atomic E-state index is 0.156. The molecule has 6 nitrogen and oxygen atoms in total. The van der Waals surface area contributed by atoms with Gasteiger partial charge >= 0.3 is 0 Å². The molecule has 1 aliphatic heterocycles. The highest BCUT2D eigenvalue weighted by molar-refractivity contribution is 5.81. The van der Waals surface area contributed by atoms with Crippen molar-refractivity contribution in [3.63, 3.8) is 0 Å². The number of hydrogen-bond donors (Lipinski definition) is 0. The number of ether oxygens (including phenoxy) is 1. The van der Waals surface area contributed by atoms with E-state index in [1.54, 1.807) is 18.6 Å². The number of hydrogen-bond acceptors (Lipinski definition) is 5. The average molecular weight is 290 g/mol. The van der Waals surface area contributed by atoms with E-state index in [0.29, 0.717) is 19.7 Å². The number of amides is 1. The normalized spacial score (nSPS) is 25.3. The van der Waals surface area contributed by atoms with Gasteiger partial charge in [0.1, 0.15) is 5.82 Å². The first-order valence-corrected chi connectivity index (χ1v) is 7.64. The molecule has 1 aromatic rings. The molecule has 1 aromatic heterocycles. The van der Waals surface area contributed by atoms with E-state index in [9.17, 15) is 4.79 Å². The molecule has 2 unspecified atom stereocenters. The third kappa shape index (κ3) is 3.15. The molecule has 2 heterocycles. The lowest BCUT2D eigenvalue weighted by atomic mass is 9.90. The summed E-state index contributed by atoms with van der Waals surface area (Å²) in [5.41, 5.74) is 0. The number of rotatable bonds is 3. The third-order valence-corrected chi connectivity index (χ3v) is 4.37. The largest absolute Gasteiger partial charge is 0.374 e. The first-order valence-electron chi connectivity index (χ1n) is 7.64. The molecule has 0 spiro atoms. The fourth-order valence-electron chi connectivity index (χ4n) is 3.27. The van der Waals surface area contributed by atoms with E-state index in [-0.39, 0.29) is 18.1 Å². The summed E-state index contributed by atoms with van der Waals surface area (Å²) in [6.45, 7) is 1.69. The lowest BCUT2D eigenvalue weighted by Crippen LogP contribution is -2.56. The summed E-state index contributed by atoms with van der Waals surface area (Å²) in [5, 5.41) is 0. The van der Waals surface area contributed by atoms with Gasteiger partial charge in [-0.3, -0.25) is 9.78 Å². The van der Waals surface area contributed by atoms with E-state index in [1.807, 2.05) is 16.8 Å². The van der Waals surface area contributed by atoms with Crippen LogP contribution in [0.25, 0.3) is 0 Å². The molecule has 2 fully saturated rings. The second kappa shape index (κ2) is 6.39. The molecule has 21 heavy (non-hydrogen) atoms. The SMILES string of the molecule is CN(CC(=O)N1CCOC2CCCCC21)c1cnccn1. The van der Waals surface area contributed by atoms with Crippen LogP contribution >= 0.6 is 0 Å². The number of anilines is 1. The van der Waals surface area contributed by atoms with E-state index < -0.39 is 0 Å². The zero-order valence-electron chi connectivity index (χ0n) is 12.4. The van der Waals surface area contributed by atoms with Crippen molar-refractivity contribution in [2.45, 2.75) is 37.8 Å². The summed E-state index contributed by atoms with van der Waals surface area (Å²) < 4.78 is 5.82. The smallest absolute Gasteiger partial charge is 0.242 e. The number of aromatic nitrogens is 2. The van der Waals surface area contributed by atoms with Gasteiger partial charge in [0, 0.05) is 26.0 Å². The third-order valence-electron chi connectivity index (χ3n) is 4.37. The topological polar surface area (TPSA) is 58.6 Å². The Bertz CT molecular complexity index is 480. The molecule has 0 bridgehead atoms. The van der Waals surface area contributed by atoms with E-state index in [1.165, 1.54) is 12.8 Å². The first-order chi connectivity index (χ1) is 10.3. The summed E-state index contributed by atoms with van der Waals surface area (Å²) in [5.74, 6) is 0.877. The molecule has 1 aliphatic carbocycles. The van der Waals surface area contributed by atoms with Crippen molar-refractivity contribution in [2.24, 2.45) is 0 Å². The minimum atomic E-state index is 0.156. The fourth-order valence-corrected chi connectivity index (χ4v) is 3.27. The van der Waals surface area contributed by atoms with Crippen LogP contribution in [-0.4, -0.2) is 59.7 Å². The molecule has 1 saturated heterocycles. The van der Waals surface area contributed by atoms with Crippen molar-refractivity contribution in [1.82, 2.24) is 14.9 Å². The molecule has 0 N–H and O–H groups in total. The standard InChI is InChI=1S/C15H22N4O2/c1-18(14-10-16-6-7-17-14)11-15(20)19-8-9-21-13-5-3-2-4-12(13)19/h6-7,10,12-13H,2-5,8-9,11H2,1H3. The van der Waals surface area contributed by atoms with Crippen LogP contribution in [0.15, 0.2) is 18.6 Å². The molecule has 3 rings (SSSR count). The number of carbonyl (C=O) groups excluding carboxylic acids is 1. The van der Waals surface area contributed by atoms with Crippen molar-refractivity contribution in [1.29, 1.82) is 0 Å². The number of likely N-dealkylation sites (N-methyl/N-ethyl adjacent to an activating group) is 1. The molecule has 114 valence electrons. The van der Waals surface area contributed by atoms with Crippen LogP contribution in [0.2, 0.25) is 0 Å². The van der Waals surface area contributed by atoms with Gasteiger partial charge in [0.2, 0.25) is 5.91 Å². The first kappa shape index (κ1) is 14.3. The Morgan fingerprint density at radius 2 is 2.29 bits per heavy atom. The highest BCUT2D eigenvalue weighted by Gasteiger charge is 2.36. The number of morpholine rings is 1. The molecule has 0 radical (unpaired) electrons. The monoisotopic (exact) mass is 290 g/mol. The van der Waals surface area contributed by atoms with Crippen LogP contribution in [0.1, 0.15) is 25.7 Å². The zero-order chi connectivity index (χ0) is 14.7. The fraction of sp³-hybridized carbons (Fsp3) is 0.667. The predicted molar refractivity (Wildman–Crippen MR) is 79.0 cm³/mol. The zero-order valence-corrected chi connectivity index (χ0v) is 12.4. The minimum Gasteiger partial charge on any atom is -0.374 e. The quantitative estimate of drug-likeness (QED) is 0.834. The van der Waals surface area contributed by atoms with Gasteiger partial charge in [-0.15, -0.1) is 0 Å². The molecule has 2 aliphatic rings. The van der Waals surface area contributed by atoms with Gasteiger partial charge in [0.05, 0.1) is 31.5 Å². The predicted octanol–water partition coefficient (Wildman–Crippen LogP) is 1.08. The average Bonchev–Trinajstić information content (AvgIpc) is 2.55. The maximum atomic E-state index is 12.6. The maximum Gasteiger partial charge on any atom is 0.242 e. The Kier molecular flexibility index (Phi) is 4.34. The second-order valence-electron chi connectivity index (χ2n) is 5.77. The molecule has 6 heteroatoms. The summed E-state index contributed by atoms with van der Waals surface area (Å²) in [6.07, 6.45) is 9.72. The molecular formula is C15H22N4O2. The van der Waals surface area contributed by atoms with Gasteiger partial charge in [0.25, 0.3) is 0 Å². The molecule has 1 amide bonds. The van der Waals surface area contributed by atoms with Gasteiger partial charge < -0.3 is 14.5 Å².